The number of carboxylic acids is 1. The molecule has 0 heterocycles. The first-order valence-electron chi connectivity index (χ1n) is 7.89. The largest absolute Gasteiger partial charge is 0.479 e. The highest BCUT2D eigenvalue weighted by atomic mass is 16.5. The number of aliphatic carboxylic acids is 1. The van der Waals surface area contributed by atoms with Gasteiger partial charge >= 0.3 is 5.97 Å². The van der Waals surface area contributed by atoms with Crippen molar-refractivity contribution < 1.29 is 39.1 Å². The van der Waals surface area contributed by atoms with E-state index in [0.717, 1.165) is 12.8 Å². The summed E-state index contributed by atoms with van der Waals surface area (Å²) in [5.74, 6) is -0.892. The highest BCUT2D eigenvalue weighted by Gasteiger charge is 2.09. The Bertz CT molecular complexity index is 228. The van der Waals surface area contributed by atoms with Crippen LogP contribution in [0.25, 0.3) is 0 Å². The second-order valence-electron chi connectivity index (χ2n) is 4.49. The molecule has 0 amide bonds. The molecule has 0 saturated carbocycles. The molecule has 0 aromatic carbocycles. The van der Waals surface area contributed by atoms with Crippen molar-refractivity contribution in [2.24, 2.45) is 0 Å². The van der Waals surface area contributed by atoms with Gasteiger partial charge in [0.15, 0.2) is 6.10 Å². The number of aliphatic hydroxyl groups is 2. The molecule has 8 heteroatoms. The lowest BCUT2D eigenvalue weighted by Gasteiger charge is -2.06. The van der Waals surface area contributed by atoms with Crippen LogP contribution >= 0.6 is 0 Å². The number of unbranched alkanes of at least 4 members (excludes halogenated alkanes) is 1. The van der Waals surface area contributed by atoms with Crippen molar-refractivity contribution in [3.05, 3.63) is 0 Å². The third-order valence-corrected chi connectivity index (χ3v) is 2.43. The number of carboxylic acid groups (broad SMARTS) is 1. The minimum Gasteiger partial charge on any atom is -0.479 e. The first-order valence-corrected chi connectivity index (χ1v) is 7.89. The van der Waals surface area contributed by atoms with Crippen LogP contribution in [0.2, 0.25) is 0 Å². The average Bonchev–Trinajstić information content (AvgIpc) is 2.54. The van der Waals surface area contributed by atoms with E-state index in [1.807, 2.05) is 6.92 Å². The van der Waals surface area contributed by atoms with Crippen molar-refractivity contribution in [2.45, 2.75) is 32.8 Å². The van der Waals surface area contributed by atoms with Crippen molar-refractivity contribution >= 4 is 5.97 Å². The maximum atomic E-state index is 10.2. The van der Waals surface area contributed by atoms with Crippen LogP contribution in [0.15, 0.2) is 0 Å². The molecular weight excluding hydrogens is 308 g/mol. The van der Waals surface area contributed by atoms with E-state index >= 15 is 0 Å². The Morgan fingerprint density at radius 2 is 1.30 bits per heavy atom. The number of ether oxygens (including phenoxy) is 4. The topological polar surface area (TPSA) is 115 Å². The van der Waals surface area contributed by atoms with Crippen molar-refractivity contribution in [1.82, 2.24) is 0 Å². The van der Waals surface area contributed by atoms with Crippen LogP contribution < -0.4 is 0 Å². The molecule has 140 valence electrons. The molecule has 0 aliphatic heterocycles. The number of hydrogen-bond acceptors (Lipinski definition) is 7. The Morgan fingerprint density at radius 1 is 0.870 bits per heavy atom. The lowest BCUT2D eigenvalue weighted by Crippen LogP contribution is -2.20. The van der Waals surface area contributed by atoms with Crippen molar-refractivity contribution in [1.29, 1.82) is 0 Å². The number of aliphatic hydroxyl groups excluding tert-OH is 2. The SMILES string of the molecule is CCCCOC(C)C(=O)O.OCCOCCOCCOCCO. The van der Waals surface area contributed by atoms with Crippen LogP contribution in [0.1, 0.15) is 26.7 Å². The summed E-state index contributed by atoms with van der Waals surface area (Å²) in [6, 6.07) is 0. The summed E-state index contributed by atoms with van der Waals surface area (Å²) < 4.78 is 20.0. The molecule has 0 aliphatic rings. The molecule has 0 aromatic rings. The number of rotatable bonds is 15. The molecule has 0 rings (SSSR count). The summed E-state index contributed by atoms with van der Waals surface area (Å²) in [5, 5.41) is 25.1. The molecule has 1 unspecified atom stereocenters. The van der Waals surface area contributed by atoms with Gasteiger partial charge in [-0.1, -0.05) is 13.3 Å². The van der Waals surface area contributed by atoms with Crippen molar-refractivity contribution in [3.8, 4) is 0 Å². The van der Waals surface area contributed by atoms with Crippen LogP contribution in [-0.4, -0.2) is 86.9 Å². The molecule has 1 atom stereocenters. The van der Waals surface area contributed by atoms with E-state index in [0.29, 0.717) is 46.2 Å². The van der Waals surface area contributed by atoms with Gasteiger partial charge in [-0.25, -0.2) is 4.79 Å². The molecule has 0 fully saturated rings. The maximum absolute atomic E-state index is 10.2. The molecule has 0 saturated heterocycles. The van der Waals surface area contributed by atoms with E-state index in [1.54, 1.807) is 0 Å². The van der Waals surface area contributed by atoms with E-state index in [9.17, 15) is 4.79 Å². The summed E-state index contributed by atoms with van der Waals surface area (Å²) in [6.07, 6.45) is 1.30. The number of carbonyl (C=O) groups is 1. The van der Waals surface area contributed by atoms with Crippen molar-refractivity contribution in [3.63, 3.8) is 0 Å². The third-order valence-electron chi connectivity index (χ3n) is 2.43. The summed E-state index contributed by atoms with van der Waals surface area (Å²) in [7, 11) is 0. The first kappa shape index (κ1) is 24.5. The van der Waals surface area contributed by atoms with E-state index in [2.05, 4.69) is 0 Å². The normalized spacial score (nSPS) is 11.7. The molecule has 0 aliphatic carbocycles. The Balaban J connectivity index is 0. The van der Waals surface area contributed by atoms with Gasteiger partial charge in [-0.2, -0.15) is 0 Å². The summed E-state index contributed by atoms with van der Waals surface area (Å²) in [6.45, 7) is 6.89. The monoisotopic (exact) mass is 340 g/mol. The predicted octanol–water partition coefficient (Wildman–Crippen LogP) is 0.297. The highest BCUT2D eigenvalue weighted by Crippen LogP contribution is 1.94. The van der Waals surface area contributed by atoms with Gasteiger partial charge in [-0.3, -0.25) is 0 Å². The van der Waals surface area contributed by atoms with Crippen LogP contribution in [-0.2, 0) is 23.7 Å². The van der Waals surface area contributed by atoms with Gasteiger partial charge in [0.05, 0.1) is 52.9 Å². The van der Waals surface area contributed by atoms with Gasteiger partial charge < -0.3 is 34.3 Å². The quantitative estimate of drug-likeness (QED) is 0.365. The third kappa shape index (κ3) is 23.6. The Hall–Kier alpha value is -0.770. The average molecular weight is 340 g/mol. The zero-order valence-corrected chi connectivity index (χ0v) is 14.2. The van der Waals surface area contributed by atoms with E-state index < -0.39 is 12.1 Å². The van der Waals surface area contributed by atoms with Gasteiger partial charge in [0.1, 0.15) is 0 Å². The van der Waals surface area contributed by atoms with Gasteiger partial charge in [0, 0.05) is 6.61 Å². The minimum atomic E-state index is -0.892. The Labute approximate surface area is 138 Å². The second-order valence-corrected chi connectivity index (χ2v) is 4.49. The standard InChI is InChI=1S/C8H18O5.C7H14O3/c9-1-3-11-5-7-13-8-6-12-4-2-10;1-3-4-5-10-6(2)7(8)9/h9-10H,1-8H2;6H,3-5H2,1-2H3,(H,8,9). The Kier molecular flexibility index (Phi) is 22.6. The van der Waals surface area contributed by atoms with Crippen LogP contribution in [0.5, 0.6) is 0 Å². The van der Waals surface area contributed by atoms with Gasteiger partial charge in [-0.05, 0) is 13.3 Å². The molecule has 23 heavy (non-hydrogen) atoms. The zero-order chi connectivity index (χ0) is 17.8. The summed E-state index contributed by atoms with van der Waals surface area (Å²) in [5.41, 5.74) is 0. The number of hydrogen-bond donors (Lipinski definition) is 3. The van der Waals surface area contributed by atoms with E-state index in [1.165, 1.54) is 6.92 Å². The Morgan fingerprint density at radius 3 is 1.65 bits per heavy atom. The van der Waals surface area contributed by atoms with Crippen LogP contribution in [0.4, 0.5) is 0 Å². The predicted molar refractivity (Wildman–Crippen MR) is 84.6 cm³/mol. The molecule has 8 nitrogen and oxygen atoms in total. The van der Waals surface area contributed by atoms with Gasteiger partial charge in [0.25, 0.3) is 0 Å². The lowest BCUT2D eigenvalue weighted by atomic mass is 10.3. The fourth-order valence-electron chi connectivity index (χ4n) is 1.15. The summed E-state index contributed by atoms with van der Waals surface area (Å²) >= 11 is 0. The molecule has 0 bridgehead atoms. The fourth-order valence-corrected chi connectivity index (χ4v) is 1.15. The molecule has 0 spiro atoms. The van der Waals surface area contributed by atoms with Gasteiger partial charge in [0.2, 0.25) is 0 Å². The van der Waals surface area contributed by atoms with E-state index in [4.69, 9.17) is 34.3 Å². The zero-order valence-electron chi connectivity index (χ0n) is 14.2. The molecule has 0 aromatic heterocycles. The van der Waals surface area contributed by atoms with Crippen molar-refractivity contribution in [2.75, 3.05) is 59.5 Å². The van der Waals surface area contributed by atoms with E-state index in [-0.39, 0.29) is 13.2 Å². The molecule has 3 N–H and O–H groups in total. The lowest BCUT2D eigenvalue weighted by molar-refractivity contribution is -0.149. The second kappa shape index (κ2) is 21.2. The smallest absolute Gasteiger partial charge is 0.332 e. The molecule has 0 radical (unpaired) electrons. The van der Waals surface area contributed by atoms with Crippen LogP contribution in [0, 0.1) is 0 Å². The molecular formula is C15H32O8. The first-order chi connectivity index (χ1) is 11.1. The maximum Gasteiger partial charge on any atom is 0.332 e. The highest BCUT2D eigenvalue weighted by molar-refractivity contribution is 5.71. The van der Waals surface area contributed by atoms with Crippen LogP contribution in [0.3, 0.4) is 0 Å². The van der Waals surface area contributed by atoms with Gasteiger partial charge in [-0.15, -0.1) is 0 Å². The summed E-state index contributed by atoms with van der Waals surface area (Å²) in [4.78, 5) is 10.2. The minimum absolute atomic E-state index is 0.0413. The fraction of sp³-hybridized carbons (Fsp3) is 0.933.